The molecular weight excluding hydrogens is 194 g/mol. The lowest BCUT2D eigenvalue weighted by molar-refractivity contribution is 0.572. The predicted octanol–water partition coefficient (Wildman–Crippen LogP) is 3.38. The normalized spacial score (nSPS) is 12.9. The molecule has 0 aliphatic heterocycles. The summed E-state index contributed by atoms with van der Waals surface area (Å²) in [5.41, 5.74) is 0.658. The van der Waals surface area contributed by atoms with Crippen LogP contribution in [0.4, 0.5) is 8.78 Å². The monoisotopic (exact) mass is 204 g/mol. The van der Waals surface area contributed by atoms with Crippen LogP contribution in [-0.2, 0) is 6.42 Å². The molecule has 0 aliphatic rings. The van der Waals surface area contributed by atoms with E-state index in [1.807, 2.05) is 6.92 Å². The molecule has 72 valence electrons. The summed E-state index contributed by atoms with van der Waals surface area (Å²) in [6, 6.07) is 3.55. The molecule has 0 radical (unpaired) electrons. The van der Waals surface area contributed by atoms with Crippen molar-refractivity contribution in [1.82, 2.24) is 0 Å². The molecule has 1 rings (SSSR count). The van der Waals surface area contributed by atoms with Gasteiger partial charge in [0.2, 0.25) is 0 Å². The second-order valence-electron chi connectivity index (χ2n) is 3.24. The Morgan fingerprint density at radius 2 is 1.77 bits per heavy atom. The fraction of sp³-hybridized carbons (Fsp3) is 0.400. The largest absolute Gasteiger partial charge is 0.207 e. The average molecular weight is 205 g/mol. The minimum absolute atomic E-state index is 0.239. The second kappa shape index (κ2) is 4.56. The Morgan fingerprint density at radius 3 is 2.23 bits per heavy atom. The van der Waals surface area contributed by atoms with Crippen LogP contribution in [0.2, 0.25) is 0 Å². The number of benzene rings is 1. The first-order valence-corrected chi connectivity index (χ1v) is 4.66. The van der Waals surface area contributed by atoms with Gasteiger partial charge in [-0.3, -0.25) is 0 Å². The minimum Gasteiger partial charge on any atom is -0.207 e. The summed E-state index contributed by atoms with van der Waals surface area (Å²) in [6.45, 7) is 1.94. The van der Waals surface area contributed by atoms with Gasteiger partial charge in [-0.05, 0) is 30.0 Å². The lowest BCUT2D eigenvalue weighted by atomic mass is 10.0. The minimum atomic E-state index is -0.531. The van der Waals surface area contributed by atoms with Crippen molar-refractivity contribution in [2.45, 2.75) is 13.3 Å². The van der Waals surface area contributed by atoms with Gasteiger partial charge in [0.05, 0.1) is 0 Å². The van der Waals surface area contributed by atoms with E-state index < -0.39 is 11.6 Å². The highest BCUT2D eigenvalue weighted by Crippen LogP contribution is 2.13. The molecule has 0 amide bonds. The maximum Gasteiger partial charge on any atom is 0.126 e. The van der Waals surface area contributed by atoms with E-state index in [9.17, 15) is 8.78 Å². The van der Waals surface area contributed by atoms with E-state index in [1.165, 1.54) is 12.1 Å². The van der Waals surface area contributed by atoms with Crippen molar-refractivity contribution < 1.29 is 8.78 Å². The smallest absolute Gasteiger partial charge is 0.126 e. The Labute approximate surface area is 81.5 Å². The van der Waals surface area contributed by atoms with E-state index in [4.69, 9.17) is 11.6 Å². The van der Waals surface area contributed by atoms with Gasteiger partial charge >= 0.3 is 0 Å². The summed E-state index contributed by atoms with van der Waals surface area (Å²) >= 11 is 5.59. The topological polar surface area (TPSA) is 0 Å². The van der Waals surface area contributed by atoms with Crippen LogP contribution in [0, 0.1) is 17.6 Å². The van der Waals surface area contributed by atoms with E-state index in [1.54, 1.807) is 0 Å². The SMILES string of the molecule is CC(CCl)Cc1cc(F)cc(F)c1. The Balaban J connectivity index is 2.77. The molecule has 13 heavy (non-hydrogen) atoms. The molecule has 0 bridgehead atoms. The average Bonchev–Trinajstić information content (AvgIpc) is 2.02. The summed E-state index contributed by atoms with van der Waals surface area (Å²) < 4.78 is 25.4. The Kier molecular flexibility index (Phi) is 3.67. The fourth-order valence-electron chi connectivity index (χ4n) is 1.19. The van der Waals surface area contributed by atoms with Crippen LogP contribution in [-0.4, -0.2) is 5.88 Å². The molecule has 0 spiro atoms. The Bertz CT molecular complexity index is 266. The number of rotatable bonds is 3. The third-order valence-corrected chi connectivity index (χ3v) is 2.30. The lowest BCUT2D eigenvalue weighted by Crippen LogP contribution is -2.01. The van der Waals surface area contributed by atoms with Gasteiger partial charge in [-0.15, -0.1) is 11.6 Å². The summed E-state index contributed by atoms with van der Waals surface area (Å²) in [5.74, 6) is -0.325. The molecule has 1 unspecified atom stereocenters. The molecule has 0 N–H and O–H groups in total. The zero-order chi connectivity index (χ0) is 9.84. The quantitative estimate of drug-likeness (QED) is 0.663. The van der Waals surface area contributed by atoms with Crippen molar-refractivity contribution in [3.05, 3.63) is 35.4 Å². The Morgan fingerprint density at radius 1 is 1.23 bits per heavy atom. The number of alkyl halides is 1. The highest BCUT2D eigenvalue weighted by Gasteiger charge is 2.05. The van der Waals surface area contributed by atoms with Crippen molar-refractivity contribution in [3.8, 4) is 0 Å². The molecule has 0 saturated carbocycles. The number of hydrogen-bond donors (Lipinski definition) is 0. The standard InChI is InChI=1S/C10H11ClF2/c1-7(6-11)2-8-3-9(12)5-10(13)4-8/h3-5,7H,2,6H2,1H3. The fourth-order valence-corrected chi connectivity index (χ4v) is 1.29. The van der Waals surface area contributed by atoms with Gasteiger partial charge in [-0.2, -0.15) is 0 Å². The van der Waals surface area contributed by atoms with Crippen LogP contribution in [0.5, 0.6) is 0 Å². The molecule has 0 heterocycles. The maximum atomic E-state index is 12.7. The van der Waals surface area contributed by atoms with Crippen molar-refractivity contribution in [2.75, 3.05) is 5.88 Å². The molecule has 0 aliphatic carbocycles. The summed E-state index contributed by atoms with van der Waals surface area (Å²) in [7, 11) is 0. The lowest BCUT2D eigenvalue weighted by Gasteiger charge is -2.07. The van der Waals surface area contributed by atoms with Crippen LogP contribution in [0.3, 0.4) is 0 Å². The van der Waals surface area contributed by atoms with Gasteiger partial charge in [0.1, 0.15) is 11.6 Å². The van der Waals surface area contributed by atoms with Gasteiger partial charge in [-0.25, -0.2) is 8.78 Å². The molecule has 0 aromatic heterocycles. The van der Waals surface area contributed by atoms with E-state index in [2.05, 4.69) is 0 Å². The molecule has 0 saturated heterocycles. The van der Waals surface area contributed by atoms with E-state index >= 15 is 0 Å². The highest BCUT2D eigenvalue weighted by atomic mass is 35.5. The van der Waals surface area contributed by atoms with E-state index in [-0.39, 0.29) is 5.92 Å². The van der Waals surface area contributed by atoms with Crippen LogP contribution in [0.25, 0.3) is 0 Å². The predicted molar refractivity (Wildman–Crippen MR) is 49.9 cm³/mol. The highest BCUT2D eigenvalue weighted by molar-refractivity contribution is 6.18. The molecular formula is C10H11ClF2. The third kappa shape index (κ3) is 3.31. The van der Waals surface area contributed by atoms with Crippen molar-refractivity contribution in [2.24, 2.45) is 5.92 Å². The summed E-state index contributed by atoms with van der Waals surface area (Å²) in [4.78, 5) is 0. The summed E-state index contributed by atoms with van der Waals surface area (Å²) in [6.07, 6.45) is 0.609. The van der Waals surface area contributed by atoms with Crippen molar-refractivity contribution in [3.63, 3.8) is 0 Å². The first kappa shape index (κ1) is 10.5. The van der Waals surface area contributed by atoms with Crippen molar-refractivity contribution >= 4 is 11.6 Å². The third-order valence-electron chi connectivity index (χ3n) is 1.77. The first-order chi connectivity index (χ1) is 6.11. The second-order valence-corrected chi connectivity index (χ2v) is 3.55. The van der Waals surface area contributed by atoms with Crippen LogP contribution in [0.15, 0.2) is 18.2 Å². The van der Waals surface area contributed by atoms with Crippen LogP contribution >= 0.6 is 11.6 Å². The van der Waals surface area contributed by atoms with E-state index in [0.29, 0.717) is 17.9 Å². The van der Waals surface area contributed by atoms with Gasteiger partial charge in [0, 0.05) is 11.9 Å². The summed E-state index contributed by atoms with van der Waals surface area (Å²) in [5, 5.41) is 0. The van der Waals surface area contributed by atoms with Gasteiger partial charge in [0.25, 0.3) is 0 Å². The molecule has 1 atom stereocenters. The van der Waals surface area contributed by atoms with Gasteiger partial charge in [-0.1, -0.05) is 6.92 Å². The van der Waals surface area contributed by atoms with Crippen LogP contribution in [0.1, 0.15) is 12.5 Å². The first-order valence-electron chi connectivity index (χ1n) is 4.12. The van der Waals surface area contributed by atoms with E-state index in [0.717, 1.165) is 6.07 Å². The maximum absolute atomic E-state index is 12.7. The van der Waals surface area contributed by atoms with Gasteiger partial charge in [0.15, 0.2) is 0 Å². The molecule has 0 fully saturated rings. The Hall–Kier alpha value is -0.630. The zero-order valence-corrected chi connectivity index (χ0v) is 8.11. The molecule has 1 aromatic rings. The number of hydrogen-bond acceptors (Lipinski definition) is 0. The molecule has 1 aromatic carbocycles. The number of halogens is 3. The van der Waals surface area contributed by atoms with Crippen molar-refractivity contribution in [1.29, 1.82) is 0 Å². The van der Waals surface area contributed by atoms with Gasteiger partial charge < -0.3 is 0 Å². The molecule has 3 heteroatoms. The molecule has 0 nitrogen and oxygen atoms in total. The van der Waals surface area contributed by atoms with Crippen LogP contribution < -0.4 is 0 Å². The zero-order valence-electron chi connectivity index (χ0n) is 7.36.